The molecular weight excluding hydrogens is 358 g/mol. The number of amides is 2. The van der Waals surface area contributed by atoms with Crippen molar-refractivity contribution in [1.82, 2.24) is 20.4 Å². The van der Waals surface area contributed by atoms with E-state index in [1.54, 1.807) is 0 Å². The van der Waals surface area contributed by atoms with E-state index in [-0.39, 0.29) is 5.91 Å². The number of likely N-dealkylation sites (N-methyl/N-ethyl adjacent to an activating group) is 1. The lowest BCUT2D eigenvalue weighted by Gasteiger charge is -2.37. The number of aryl methyl sites for hydroxylation is 1. The summed E-state index contributed by atoms with van der Waals surface area (Å²) in [6.45, 7) is 13.0. The van der Waals surface area contributed by atoms with Gasteiger partial charge in [-0.25, -0.2) is 0 Å². The first-order valence-corrected chi connectivity index (χ1v) is 9.94. The minimum absolute atomic E-state index is 0.322. The maximum Gasteiger partial charge on any atom is 0.250 e. The average Bonchev–Trinajstić information content (AvgIpc) is 3.12. The number of piperazine rings is 1. The van der Waals surface area contributed by atoms with Gasteiger partial charge in [0.1, 0.15) is 11.5 Å². The predicted molar refractivity (Wildman–Crippen MR) is 109 cm³/mol. The number of nitrogens with zero attached hydrogens (tertiary/aromatic N) is 3. The molecule has 0 bridgehead atoms. The van der Waals surface area contributed by atoms with E-state index in [4.69, 9.17) is 9.41 Å². The van der Waals surface area contributed by atoms with Gasteiger partial charge in [0.2, 0.25) is 12.3 Å². The summed E-state index contributed by atoms with van der Waals surface area (Å²) in [5.74, 6) is 1.91. The van der Waals surface area contributed by atoms with Crippen LogP contribution in [0.15, 0.2) is 15.5 Å². The van der Waals surface area contributed by atoms with Crippen LogP contribution in [0, 0.1) is 0 Å². The first kappa shape index (κ1) is 21.9. The van der Waals surface area contributed by atoms with E-state index >= 15 is 0 Å². The molecule has 156 valence electrons. The van der Waals surface area contributed by atoms with E-state index in [0.29, 0.717) is 31.2 Å². The van der Waals surface area contributed by atoms with Crippen molar-refractivity contribution in [3.05, 3.63) is 23.2 Å². The summed E-state index contributed by atoms with van der Waals surface area (Å²) in [6.07, 6.45) is 1.20. The summed E-state index contributed by atoms with van der Waals surface area (Å²) in [4.78, 5) is 32.4. The Kier molecular flexibility index (Phi) is 8.04. The zero-order valence-corrected chi connectivity index (χ0v) is 17.6. The molecular formula is C20H33N5O3. The molecule has 0 spiro atoms. The molecule has 1 saturated heterocycles. The molecule has 1 aliphatic rings. The van der Waals surface area contributed by atoms with Crippen LogP contribution in [0.25, 0.3) is 0 Å². The molecule has 1 fully saturated rings. The van der Waals surface area contributed by atoms with Gasteiger partial charge in [0, 0.05) is 51.3 Å². The lowest BCUT2D eigenvalue weighted by molar-refractivity contribution is -0.125. The highest BCUT2D eigenvalue weighted by atomic mass is 16.3. The second-order valence-electron chi connectivity index (χ2n) is 7.26. The van der Waals surface area contributed by atoms with E-state index in [1.807, 2.05) is 19.9 Å². The third-order valence-electron chi connectivity index (χ3n) is 5.25. The van der Waals surface area contributed by atoms with Crippen LogP contribution in [0.2, 0.25) is 0 Å². The van der Waals surface area contributed by atoms with E-state index in [2.05, 4.69) is 34.3 Å². The summed E-state index contributed by atoms with van der Waals surface area (Å²) < 4.78 is 5.85. The quantitative estimate of drug-likeness (QED) is 0.396. The second-order valence-corrected chi connectivity index (χ2v) is 7.26. The largest absolute Gasteiger partial charge is 0.463 e. The normalized spacial score (nSPS) is 16.9. The molecule has 0 radical (unpaired) electrons. The van der Waals surface area contributed by atoms with Crippen LogP contribution < -0.4 is 10.6 Å². The van der Waals surface area contributed by atoms with Crippen molar-refractivity contribution >= 4 is 18.2 Å². The van der Waals surface area contributed by atoms with Gasteiger partial charge in [-0.3, -0.25) is 19.5 Å². The van der Waals surface area contributed by atoms with Crippen molar-refractivity contribution in [2.75, 3.05) is 33.2 Å². The van der Waals surface area contributed by atoms with Gasteiger partial charge in [-0.05, 0) is 26.8 Å². The van der Waals surface area contributed by atoms with Crippen LogP contribution in [-0.4, -0.2) is 67.2 Å². The monoisotopic (exact) mass is 391 g/mol. The molecule has 28 heavy (non-hydrogen) atoms. The highest BCUT2D eigenvalue weighted by molar-refractivity contribution is 5.84. The number of amidine groups is 1. The molecule has 1 aromatic heterocycles. The number of rotatable bonds is 8. The Balaban J connectivity index is 2.09. The Bertz CT molecular complexity index is 690. The predicted octanol–water partition coefficient (Wildman–Crippen LogP) is 1.32. The van der Waals surface area contributed by atoms with E-state index in [1.165, 1.54) is 7.05 Å². The number of aliphatic imine (C=N–C) groups is 1. The van der Waals surface area contributed by atoms with E-state index in [9.17, 15) is 9.59 Å². The first-order chi connectivity index (χ1) is 13.4. The zero-order valence-electron chi connectivity index (χ0n) is 17.6. The Hall–Kier alpha value is -2.35. The Labute approximate surface area is 167 Å². The number of furan rings is 1. The Morgan fingerprint density at radius 2 is 2.00 bits per heavy atom. The van der Waals surface area contributed by atoms with Gasteiger partial charge in [0.25, 0.3) is 0 Å². The molecule has 1 aromatic rings. The standard InChI is InChI=1S/C20H33N5O3/c1-6-17-16(11-18(28-17)19(23-13-26)20(27)21-5)12-22-15(4)25-9-7-24(8-10-25)14(2)3/h11,13-14,19H,6-10,12H2,1-5H3,(H,21,27)(H,23,26). The van der Waals surface area contributed by atoms with Crippen molar-refractivity contribution in [1.29, 1.82) is 0 Å². The molecule has 8 nitrogen and oxygen atoms in total. The van der Waals surface area contributed by atoms with Crippen LogP contribution in [-0.2, 0) is 22.6 Å². The van der Waals surface area contributed by atoms with Gasteiger partial charge in [-0.2, -0.15) is 0 Å². The van der Waals surface area contributed by atoms with Crippen LogP contribution in [0.4, 0.5) is 0 Å². The average molecular weight is 392 g/mol. The van der Waals surface area contributed by atoms with Gasteiger partial charge in [0.15, 0.2) is 6.04 Å². The maximum atomic E-state index is 12.0. The summed E-state index contributed by atoms with van der Waals surface area (Å²) in [5, 5.41) is 5.05. The highest BCUT2D eigenvalue weighted by Gasteiger charge is 2.24. The summed E-state index contributed by atoms with van der Waals surface area (Å²) >= 11 is 0. The smallest absolute Gasteiger partial charge is 0.250 e. The van der Waals surface area contributed by atoms with Gasteiger partial charge < -0.3 is 20.0 Å². The molecule has 1 unspecified atom stereocenters. The van der Waals surface area contributed by atoms with E-state index < -0.39 is 6.04 Å². The van der Waals surface area contributed by atoms with Crippen LogP contribution in [0.5, 0.6) is 0 Å². The minimum atomic E-state index is -0.837. The third kappa shape index (κ3) is 5.34. The number of hydrogen-bond acceptors (Lipinski definition) is 5. The third-order valence-corrected chi connectivity index (χ3v) is 5.25. The summed E-state index contributed by atoms with van der Waals surface area (Å²) in [7, 11) is 1.53. The van der Waals surface area contributed by atoms with Crippen LogP contribution >= 0.6 is 0 Å². The van der Waals surface area contributed by atoms with Gasteiger partial charge in [-0.15, -0.1) is 0 Å². The molecule has 2 N–H and O–H groups in total. The fraction of sp³-hybridized carbons (Fsp3) is 0.650. The molecule has 8 heteroatoms. The molecule has 1 aliphatic heterocycles. The number of carbonyl (C=O) groups is 2. The molecule has 1 atom stereocenters. The van der Waals surface area contributed by atoms with Crippen molar-refractivity contribution in [2.24, 2.45) is 4.99 Å². The molecule has 2 rings (SSSR count). The van der Waals surface area contributed by atoms with Gasteiger partial charge in [0.05, 0.1) is 12.4 Å². The van der Waals surface area contributed by atoms with Crippen molar-refractivity contribution in [2.45, 2.75) is 52.7 Å². The van der Waals surface area contributed by atoms with Crippen LogP contribution in [0.3, 0.4) is 0 Å². The summed E-state index contributed by atoms with van der Waals surface area (Å²) in [6, 6.07) is 1.56. The second kappa shape index (κ2) is 10.3. The fourth-order valence-electron chi connectivity index (χ4n) is 3.43. The zero-order chi connectivity index (χ0) is 20.7. The van der Waals surface area contributed by atoms with Gasteiger partial charge >= 0.3 is 0 Å². The molecule has 0 saturated carbocycles. The number of hydrogen-bond donors (Lipinski definition) is 2. The van der Waals surface area contributed by atoms with Gasteiger partial charge in [-0.1, -0.05) is 6.92 Å². The molecule has 0 aromatic carbocycles. The molecule has 2 heterocycles. The SMILES string of the molecule is CCc1oc(C(NC=O)C(=O)NC)cc1CN=C(C)N1CCN(C(C)C)CC1. The minimum Gasteiger partial charge on any atom is -0.463 e. The first-order valence-electron chi connectivity index (χ1n) is 9.94. The summed E-state index contributed by atoms with van der Waals surface area (Å²) in [5.41, 5.74) is 0.944. The fourth-order valence-corrected chi connectivity index (χ4v) is 3.43. The Morgan fingerprint density at radius 3 is 2.54 bits per heavy atom. The van der Waals surface area contributed by atoms with Crippen LogP contribution in [0.1, 0.15) is 50.8 Å². The lowest BCUT2D eigenvalue weighted by Crippen LogP contribution is -2.50. The molecule has 0 aliphatic carbocycles. The van der Waals surface area contributed by atoms with Crippen molar-refractivity contribution in [3.8, 4) is 0 Å². The van der Waals surface area contributed by atoms with E-state index in [0.717, 1.165) is 43.3 Å². The van der Waals surface area contributed by atoms with Crippen molar-refractivity contribution in [3.63, 3.8) is 0 Å². The van der Waals surface area contributed by atoms with Crippen molar-refractivity contribution < 1.29 is 14.0 Å². The number of carbonyl (C=O) groups excluding carboxylic acids is 2. The maximum absolute atomic E-state index is 12.0. The topological polar surface area (TPSA) is 90.2 Å². The number of nitrogens with one attached hydrogen (secondary N) is 2. The highest BCUT2D eigenvalue weighted by Crippen LogP contribution is 2.23. The lowest BCUT2D eigenvalue weighted by atomic mass is 10.1. The Morgan fingerprint density at radius 1 is 1.32 bits per heavy atom. The molecule has 2 amide bonds.